The Balaban J connectivity index is 1.53. The Morgan fingerprint density at radius 3 is 2.81 bits per heavy atom. The second-order valence-corrected chi connectivity index (χ2v) is 8.11. The van der Waals surface area contributed by atoms with Gasteiger partial charge < -0.3 is 4.90 Å². The number of aromatic nitrogens is 3. The van der Waals surface area contributed by atoms with E-state index in [-0.39, 0.29) is 28.7 Å². The number of rotatable bonds is 5. The van der Waals surface area contributed by atoms with Gasteiger partial charge in [-0.15, -0.1) is 5.10 Å². The van der Waals surface area contributed by atoms with Crippen LogP contribution in [0.1, 0.15) is 48.7 Å². The van der Waals surface area contributed by atoms with Gasteiger partial charge in [-0.3, -0.25) is 14.2 Å². The Morgan fingerprint density at radius 2 is 2.12 bits per heavy atom. The first-order chi connectivity index (χ1) is 12.5. The molecular formula is C18H20N4O3S. The van der Waals surface area contributed by atoms with Crippen LogP contribution in [-0.2, 0) is 11.2 Å². The minimum atomic E-state index is -0.355. The molecule has 1 aromatic heterocycles. The largest absolute Gasteiger partial charge is 0.344 e. The van der Waals surface area contributed by atoms with Gasteiger partial charge in [-0.2, -0.15) is 0 Å². The minimum absolute atomic E-state index is 0.00290. The normalized spacial score (nSPS) is 17.2. The molecule has 136 valence electrons. The Morgan fingerprint density at radius 1 is 1.35 bits per heavy atom. The number of nitrogens with one attached hydrogen (secondary N) is 1. The number of benzene rings is 1. The molecule has 0 spiro atoms. The first-order valence-corrected chi connectivity index (χ1v) is 9.62. The van der Waals surface area contributed by atoms with Crippen LogP contribution in [0.4, 0.5) is 5.69 Å². The van der Waals surface area contributed by atoms with Gasteiger partial charge in [0, 0.05) is 30.8 Å². The third-order valence-electron chi connectivity index (χ3n) is 4.88. The van der Waals surface area contributed by atoms with Gasteiger partial charge in [-0.05, 0) is 49.9 Å². The number of hydrogen-bond acceptors (Lipinski definition) is 5. The summed E-state index contributed by atoms with van der Waals surface area (Å²) in [6.45, 7) is 4.04. The lowest BCUT2D eigenvalue weighted by Crippen LogP contribution is -2.25. The van der Waals surface area contributed by atoms with Gasteiger partial charge in [0.2, 0.25) is 5.91 Å². The molecule has 2 aromatic rings. The molecule has 1 aromatic carbocycles. The summed E-state index contributed by atoms with van der Waals surface area (Å²) >= 11 is 1.31. The van der Waals surface area contributed by atoms with Crippen molar-refractivity contribution in [1.82, 2.24) is 14.8 Å². The fourth-order valence-electron chi connectivity index (χ4n) is 3.36. The van der Waals surface area contributed by atoms with E-state index in [0.717, 1.165) is 30.5 Å². The highest BCUT2D eigenvalue weighted by Crippen LogP contribution is 2.37. The van der Waals surface area contributed by atoms with Crippen molar-refractivity contribution in [3.8, 4) is 0 Å². The average Bonchev–Trinajstić information content (AvgIpc) is 3.25. The van der Waals surface area contributed by atoms with E-state index < -0.39 is 0 Å². The van der Waals surface area contributed by atoms with Crippen molar-refractivity contribution in [2.24, 2.45) is 0 Å². The molecule has 1 saturated carbocycles. The Labute approximate surface area is 154 Å². The van der Waals surface area contributed by atoms with E-state index in [1.165, 1.54) is 11.8 Å². The molecule has 7 nitrogen and oxygen atoms in total. The highest BCUT2D eigenvalue weighted by atomic mass is 32.2. The summed E-state index contributed by atoms with van der Waals surface area (Å²) in [5, 5.41) is 6.77. The Hall–Kier alpha value is -2.35. The second kappa shape index (κ2) is 6.42. The summed E-state index contributed by atoms with van der Waals surface area (Å²) in [6.07, 6.45) is 2.72. The topological polar surface area (TPSA) is 88.1 Å². The quantitative estimate of drug-likeness (QED) is 0.642. The van der Waals surface area contributed by atoms with Crippen LogP contribution in [0.25, 0.3) is 0 Å². The van der Waals surface area contributed by atoms with E-state index in [2.05, 4.69) is 10.2 Å². The van der Waals surface area contributed by atoms with Crippen LogP contribution < -0.4 is 10.6 Å². The number of fused-ring (bicyclic) bond motifs is 1. The first kappa shape index (κ1) is 17.1. The smallest absolute Gasteiger partial charge is 0.312 e. The van der Waals surface area contributed by atoms with Crippen molar-refractivity contribution < 1.29 is 9.59 Å². The molecule has 1 aliphatic carbocycles. The Bertz CT molecular complexity index is 944. The molecule has 0 saturated heterocycles. The highest BCUT2D eigenvalue weighted by molar-refractivity contribution is 8.00. The minimum Gasteiger partial charge on any atom is -0.312 e. The summed E-state index contributed by atoms with van der Waals surface area (Å²) in [6, 6.07) is 5.72. The van der Waals surface area contributed by atoms with Crippen LogP contribution in [0.2, 0.25) is 0 Å². The molecule has 1 aliphatic heterocycles. The molecule has 2 aliphatic rings. The number of ketones is 1. The van der Waals surface area contributed by atoms with E-state index in [0.29, 0.717) is 17.3 Å². The maximum Gasteiger partial charge on any atom is 0.344 e. The lowest BCUT2D eigenvalue weighted by atomic mass is 10.0. The molecule has 2 heterocycles. The van der Waals surface area contributed by atoms with Crippen LogP contribution in [0.5, 0.6) is 0 Å². The monoisotopic (exact) mass is 372 g/mol. The third kappa shape index (κ3) is 2.98. The number of carbonyl (C=O) groups is 2. The average molecular weight is 372 g/mol. The van der Waals surface area contributed by atoms with Gasteiger partial charge in [-0.1, -0.05) is 11.8 Å². The standard InChI is InChI=1S/C18H20N4O3S/c1-10(26-18-20-19-17(25)22(18)14-4-5-14)16(24)13-3-6-15-12(9-13)7-8-21(15)11(2)23/h3,6,9-10,14H,4-5,7-8H2,1-2H3,(H,19,25)/t10-/m1/s1. The number of hydrogen-bond donors (Lipinski definition) is 1. The molecule has 1 fully saturated rings. The summed E-state index contributed by atoms with van der Waals surface area (Å²) in [5.41, 5.74) is 2.34. The van der Waals surface area contributed by atoms with Crippen LogP contribution >= 0.6 is 11.8 Å². The number of aromatic amines is 1. The number of Topliss-reactive ketones (excluding diaryl/α,β-unsaturated/α-hetero) is 1. The summed E-state index contributed by atoms with van der Waals surface area (Å²) < 4.78 is 1.65. The van der Waals surface area contributed by atoms with E-state index >= 15 is 0 Å². The van der Waals surface area contributed by atoms with Gasteiger partial charge >= 0.3 is 5.69 Å². The molecule has 0 unspecified atom stereocenters. The fraction of sp³-hybridized carbons (Fsp3) is 0.444. The van der Waals surface area contributed by atoms with E-state index in [1.807, 2.05) is 19.1 Å². The molecule has 4 rings (SSSR count). The van der Waals surface area contributed by atoms with Gasteiger partial charge in [-0.25, -0.2) is 9.89 Å². The molecule has 1 atom stereocenters. The molecule has 1 amide bonds. The summed E-state index contributed by atoms with van der Waals surface area (Å²) in [4.78, 5) is 38.1. The number of nitrogens with zero attached hydrogens (tertiary/aromatic N) is 3. The number of anilines is 1. The van der Waals surface area contributed by atoms with Crippen LogP contribution in [-0.4, -0.2) is 38.2 Å². The maximum absolute atomic E-state index is 12.8. The Kier molecular flexibility index (Phi) is 4.22. The van der Waals surface area contributed by atoms with Gasteiger partial charge in [0.1, 0.15) is 0 Å². The second-order valence-electron chi connectivity index (χ2n) is 6.80. The zero-order valence-corrected chi connectivity index (χ0v) is 15.5. The van der Waals surface area contributed by atoms with Crippen molar-refractivity contribution in [2.45, 2.75) is 49.6 Å². The zero-order chi connectivity index (χ0) is 18.4. The zero-order valence-electron chi connectivity index (χ0n) is 14.7. The predicted octanol–water partition coefficient (Wildman–Crippen LogP) is 2.18. The van der Waals surface area contributed by atoms with E-state index in [4.69, 9.17) is 0 Å². The predicted molar refractivity (Wildman–Crippen MR) is 98.9 cm³/mol. The van der Waals surface area contributed by atoms with Gasteiger partial charge in [0.25, 0.3) is 0 Å². The van der Waals surface area contributed by atoms with Gasteiger partial charge in [0.15, 0.2) is 10.9 Å². The molecule has 1 N–H and O–H groups in total. The number of thioether (sulfide) groups is 1. The third-order valence-corrected chi connectivity index (χ3v) is 5.94. The maximum atomic E-state index is 12.8. The number of H-pyrrole nitrogens is 1. The SMILES string of the molecule is CC(=O)N1CCc2cc(C(=O)[C@@H](C)Sc3n[nH]c(=O)n3C3CC3)ccc21. The number of amides is 1. The first-order valence-electron chi connectivity index (χ1n) is 8.74. The van der Waals surface area contributed by atoms with Crippen LogP contribution in [0.3, 0.4) is 0 Å². The molecule has 0 bridgehead atoms. The van der Waals surface area contributed by atoms with Crippen molar-refractivity contribution in [1.29, 1.82) is 0 Å². The number of carbonyl (C=O) groups excluding carboxylic acids is 2. The summed E-state index contributed by atoms with van der Waals surface area (Å²) in [7, 11) is 0. The van der Waals surface area contributed by atoms with Crippen molar-refractivity contribution in [3.05, 3.63) is 39.8 Å². The lowest BCUT2D eigenvalue weighted by molar-refractivity contribution is -0.116. The van der Waals surface area contributed by atoms with Crippen LogP contribution in [0.15, 0.2) is 28.2 Å². The summed E-state index contributed by atoms with van der Waals surface area (Å²) in [5.74, 6) is 0.0141. The van der Waals surface area contributed by atoms with E-state index in [1.54, 1.807) is 22.5 Å². The molecule has 26 heavy (non-hydrogen) atoms. The lowest BCUT2D eigenvalue weighted by Gasteiger charge is -2.15. The van der Waals surface area contributed by atoms with Gasteiger partial charge in [0.05, 0.1) is 5.25 Å². The van der Waals surface area contributed by atoms with Crippen molar-refractivity contribution >= 4 is 29.1 Å². The van der Waals surface area contributed by atoms with Crippen LogP contribution in [0, 0.1) is 0 Å². The fourth-order valence-corrected chi connectivity index (χ4v) is 4.36. The van der Waals surface area contributed by atoms with Crippen molar-refractivity contribution in [3.63, 3.8) is 0 Å². The molecule has 0 radical (unpaired) electrons. The highest BCUT2D eigenvalue weighted by Gasteiger charge is 2.30. The van der Waals surface area contributed by atoms with E-state index in [9.17, 15) is 14.4 Å². The molecule has 8 heteroatoms. The molecular weight excluding hydrogens is 352 g/mol. The van der Waals surface area contributed by atoms with Crippen molar-refractivity contribution in [2.75, 3.05) is 11.4 Å².